The van der Waals surface area contributed by atoms with E-state index in [-0.39, 0.29) is 11.9 Å². The number of nitrogens with two attached hydrogens (primary N) is 1. The number of hydrogen-bond donors (Lipinski definition) is 2. The van der Waals surface area contributed by atoms with Gasteiger partial charge in [-0.2, -0.15) is 0 Å². The third-order valence-electron chi connectivity index (χ3n) is 6.48. The molecule has 154 valence electrons. The summed E-state index contributed by atoms with van der Waals surface area (Å²) in [5.74, 6) is 0.352. The Labute approximate surface area is 174 Å². The van der Waals surface area contributed by atoms with Crippen molar-refractivity contribution in [1.29, 1.82) is 0 Å². The van der Waals surface area contributed by atoms with Crippen LogP contribution in [0.2, 0.25) is 0 Å². The van der Waals surface area contributed by atoms with Crippen LogP contribution < -0.4 is 16.0 Å². The topological polar surface area (TPSA) is 101 Å². The zero-order valence-electron chi connectivity index (χ0n) is 16.8. The highest BCUT2D eigenvalue weighted by molar-refractivity contribution is 6.00. The van der Waals surface area contributed by atoms with Gasteiger partial charge >= 0.3 is 0 Å². The predicted octanol–water partition coefficient (Wildman–Crippen LogP) is 3.16. The molecule has 1 unspecified atom stereocenters. The molecule has 0 aliphatic carbocycles. The summed E-state index contributed by atoms with van der Waals surface area (Å²) < 4.78 is 5.54. The number of piperidine rings is 1. The largest absolute Gasteiger partial charge is 0.464 e. The number of aromatic nitrogens is 1. The maximum absolute atomic E-state index is 13.0. The van der Waals surface area contributed by atoms with E-state index in [1.165, 1.54) is 0 Å². The molecule has 30 heavy (non-hydrogen) atoms. The molecule has 3 N–H and O–H groups in total. The number of rotatable bonds is 4. The number of carbonyl (C=O) groups is 2. The third-order valence-corrected chi connectivity index (χ3v) is 6.48. The summed E-state index contributed by atoms with van der Waals surface area (Å²) in [5.41, 5.74) is 8.03. The van der Waals surface area contributed by atoms with Crippen molar-refractivity contribution in [1.82, 2.24) is 10.3 Å². The van der Waals surface area contributed by atoms with Gasteiger partial charge in [0, 0.05) is 40.8 Å². The number of furan rings is 1. The van der Waals surface area contributed by atoms with E-state index in [0.29, 0.717) is 23.2 Å². The van der Waals surface area contributed by atoms with Gasteiger partial charge in [0.1, 0.15) is 11.4 Å². The molecule has 0 spiro atoms. The summed E-state index contributed by atoms with van der Waals surface area (Å²) in [6.45, 7) is 1.93. The molecular formula is C23H24N4O3. The Morgan fingerprint density at radius 2 is 1.90 bits per heavy atom. The van der Waals surface area contributed by atoms with Gasteiger partial charge in [-0.15, -0.1) is 0 Å². The first-order chi connectivity index (χ1) is 14.5. The Kier molecular flexibility index (Phi) is 4.46. The summed E-state index contributed by atoms with van der Waals surface area (Å²) in [7, 11) is 0. The van der Waals surface area contributed by atoms with Gasteiger partial charge in [0.25, 0.3) is 5.91 Å². The van der Waals surface area contributed by atoms with E-state index in [4.69, 9.17) is 10.2 Å². The SMILES string of the molecule is Cc1c(C(=O)NC2C[C@H]3CC[C@@H](C2)N3c2ccc(C(N)=O)cn2)ccc2ccoc12. The molecule has 2 amide bonds. The minimum absolute atomic E-state index is 0.0485. The van der Waals surface area contributed by atoms with Crippen LogP contribution in [0.3, 0.4) is 0 Å². The fraction of sp³-hybridized carbons (Fsp3) is 0.348. The number of pyridine rings is 1. The molecule has 2 saturated heterocycles. The maximum Gasteiger partial charge on any atom is 0.251 e. The molecule has 0 radical (unpaired) electrons. The number of nitrogens with zero attached hydrogens (tertiary/aromatic N) is 2. The van der Waals surface area contributed by atoms with Crippen molar-refractivity contribution >= 4 is 28.6 Å². The highest BCUT2D eigenvalue weighted by atomic mass is 16.3. The number of primary amides is 1. The Morgan fingerprint density at radius 3 is 2.57 bits per heavy atom. The van der Waals surface area contributed by atoms with Gasteiger partial charge in [-0.05, 0) is 56.9 Å². The number of aryl methyl sites for hydroxylation is 1. The summed E-state index contributed by atoms with van der Waals surface area (Å²) in [6.07, 6.45) is 7.10. The molecule has 2 bridgehead atoms. The van der Waals surface area contributed by atoms with Gasteiger partial charge in [-0.25, -0.2) is 4.98 Å². The molecule has 3 aromatic rings. The van der Waals surface area contributed by atoms with Crippen molar-refractivity contribution in [2.75, 3.05) is 4.90 Å². The van der Waals surface area contributed by atoms with Crippen LogP contribution in [0.25, 0.3) is 11.0 Å². The summed E-state index contributed by atoms with van der Waals surface area (Å²) in [5, 5.41) is 4.25. The molecule has 2 aliphatic heterocycles. The van der Waals surface area contributed by atoms with Gasteiger partial charge in [0.2, 0.25) is 5.91 Å². The van der Waals surface area contributed by atoms with Crippen LogP contribution in [-0.4, -0.2) is 34.9 Å². The van der Waals surface area contributed by atoms with Crippen LogP contribution in [0.4, 0.5) is 5.82 Å². The quantitative estimate of drug-likeness (QED) is 0.695. The lowest BCUT2D eigenvalue weighted by molar-refractivity contribution is 0.0925. The standard InChI is InChI=1S/C23H24N4O3/c1-13-19(6-2-14-8-9-30-21(13)14)23(29)26-16-10-17-4-5-18(11-16)27(17)20-7-3-15(12-25-20)22(24)28/h2-3,6-9,12,16-18H,4-5,10-11H2,1H3,(H2,24,28)(H,26,29)/t16?,17-,18+. The fourth-order valence-electron chi connectivity index (χ4n) is 5.04. The highest BCUT2D eigenvalue weighted by Gasteiger charge is 2.41. The van der Waals surface area contributed by atoms with E-state index in [2.05, 4.69) is 15.2 Å². The summed E-state index contributed by atoms with van der Waals surface area (Å²) in [6, 6.07) is 10.1. The van der Waals surface area contributed by atoms with E-state index in [0.717, 1.165) is 48.0 Å². The molecular weight excluding hydrogens is 380 g/mol. The molecule has 3 atom stereocenters. The van der Waals surface area contributed by atoms with Crippen molar-refractivity contribution in [2.45, 2.75) is 50.7 Å². The molecule has 2 fully saturated rings. The number of nitrogens with one attached hydrogen (secondary N) is 1. The summed E-state index contributed by atoms with van der Waals surface area (Å²) in [4.78, 5) is 31.1. The zero-order valence-corrected chi connectivity index (χ0v) is 16.8. The van der Waals surface area contributed by atoms with Crippen molar-refractivity contribution in [2.24, 2.45) is 5.73 Å². The van der Waals surface area contributed by atoms with Crippen LogP contribution in [0.1, 0.15) is 52.0 Å². The lowest BCUT2D eigenvalue weighted by Crippen LogP contribution is -2.50. The summed E-state index contributed by atoms with van der Waals surface area (Å²) >= 11 is 0. The lowest BCUT2D eigenvalue weighted by atomic mass is 9.96. The molecule has 1 aromatic carbocycles. The van der Waals surface area contributed by atoms with Crippen LogP contribution >= 0.6 is 0 Å². The third kappa shape index (κ3) is 3.10. The van der Waals surface area contributed by atoms with Crippen LogP contribution in [0.15, 0.2) is 47.2 Å². The number of carbonyl (C=O) groups excluding carboxylic acids is 2. The number of benzene rings is 1. The van der Waals surface area contributed by atoms with Gasteiger partial charge in [-0.1, -0.05) is 6.07 Å². The van der Waals surface area contributed by atoms with E-state index in [1.807, 2.05) is 31.2 Å². The van der Waals surface area contributed by atoms with Gasteiger partial charge in [0.05, 0.1) is 11.8 Å². The number of anilines is 1. The Bertz CT molecular complexity index is 1110. The van der Waals surface area contributed by atoms with Crippen LogP contribution in [0, 0.1) is 6.92 Å². The first-order valence-electron chi connectivity index (χ1n) is 10.3. The van der Waals surface area contributed by atoms with Gasteiger partial charge in [-0.3, -0.25) is 9.59 Å². The van der Waals surface area contributed by atoms with E-state index in [1.54, 1.807) is 18.5 Å². The predicted molar refractivity (Wildman–Crippen MR) is 113 cm³/mol. The second-order valence-corrected chi connectivity index (χ2v) is 8.28. The molecule has 2 aromatic heterocycles. The highest BCUT2D eigenvalue weighted by Crippen LogP contribution is 2.38. The Morgan fingerprint density at radius 1 is 1.13 bits per heavy atom. The molecule has 2 aliphatic rings. The van der Waals surface area contributed by atoms with Crippen LogP contribution in [0.5, 0.6) is 0 Å². The number of hydrogen-bond acceptors (Lipinski definition) is 5. The lowest BCUT2D eigenvalue weighted by Gasteiger charge is -2.40. The van der Waals surface area contributed by atoms with Crippen molar-refractivity contribution in [3.8, 4) is 0 Å². The Hall–Kier alpha value is -3.35. The smallest absolute Gasteiger partial charge is 0.251 e. The molecule has 7 heteroatoms. The zero-order chi connectivity index (χ0) is 20.8. The van der Waals surface area contributed by atoms with E-state index < -0.39 is 5.91 Å². The average molecular weight is 404 g/mol. The number of fused-ring (bicyclic) bond motifs is 3. The fourth-order valence-corrected chi connectivity index (χ4v) is 5.04. The Balaban J connectivity index is 1.30. The molecule has 0 saturated carbocycles. The monoisotopic (exact) mass is 404 g/mol. The minimum Gasteiger partial charge on any atom is -0.464 e. The van der Waals surface area contributed by atoms with Crippen molar-refractivity contribution < 1.29 is 14.0 Å². The minimum atomic E-state index is -0.471. The maximum atomic E-state index is 13.0. The molecule has 4 heterocycles. The first kappa shape index (κ1) is 18.7. The van der Waals surface area contributed by atoms with Crippen molar-refractivity contribution in [3.05, 3.63) is 59.5 Å². The van der Waals surface area contributed by atoms with E-state index in [9.17, 15) is 9.59 Å². The van der Waals surface area contributed by atoms with Gasteiger partial charge < -0.3 is 20.4 Å². The van der Waals surface area contributed by atoms with Gasteiger partial charge in [0.15, 0.2) is 0 Å². The second kappa shape index (κ2) is 7.16. The second-order valence-electron chi connectivity index (χ2n) is 8.28. The first-order valence-corrected chi connectivity index (χ1v) is 10.3. The molecule has 5 rings (SSSR count). The average Bonchev–Trinajstić information content (AvgIpc) is 3.31. The van der Waals surface area contributed by atoms with E-state index >= 15 is 0 Å². The van der Waals surface area contributed by atoms with Crippen LogP contribution in [-0.2, 0) is 0 Å². The van der Waals surface area contributed by atoms with Crippen molar-refractivity contribution in [3.63, 3.8) is 0 Å². The molecule has 7 nitrogen and oxygen atoms in total. The normalized spacial score (nSPS) is 23.0. The number of amides is 2.